The maximum Gasteiger partial charge on any atom is 0.258 e. The Bertz CT molecular complexity index is 947. The topological polar surface area (TPSA) is 78.8 Å². The molecular formula is C18H17BrClN3O3S. The fraction of sp³-hybridized carbons (Fsp3) is 0.222. The Balaban J connectivity index is 1.70. The fourth-order valence-electron chi connectivity index (χ4n) is 2.83. The summed E-state index contributed by atoms with van der Waals surface area (Å²) < 4.78 is 27.9. The quantitative estimate of drug-likeness (QED) is 0.537. The Hall–Kier alpha value is -1.74. The molecule has 1 heterocycles. The van der Waals surface area contributed by atoms with E-state index < -0.39 is 22.0 Å². The molecule has 0 bridgehead atoms. The normalized spacial score (nSPS) is 18.1. The number of hydrogen-bond acceptors (Lipinski definition) is 4. The zero-order chi connectivity index (χ0) is 19.4. The van der Waals surface area contributed by atoms with E-state index in [0.717, 1.165) is 10.0 Å². The van der Waals surface area contributed by atoms with Crippen molar-refractivity contribution in [1.29, 1.82) is 0 Å². The van der Waals surface area contributed by atoms with Gasteiger partial charge in [-0.2, -0.15) is 9.41 Å². The molecule has 6 nitrogen and oxygen atoms in total. The van der Waals surface area contributed by atoms with Crippen LogP contribution in [0, 0.1) is 0 Å². The zero-order valence-corrected chi connectivity index (χ0v) is 17.3. The van der Waals surface area contributed by atoms with Crippen LogP contribution in [0.3, 0.4) is 0 Å². The molecule has 27 heavy (non-hydrogen) atoms. The van der Waals surface area contributed by atoms with Crippen LogP contribution >= 0.6 is 27.5 Å². The highest BCUT2D eigenvalue weighted by atomic mass is 79.9. The highest BCUT2D eigenvalue weighted by Crippen LogP contribution is 2.27. The first-order valence-electron chi connectivity index (χ1n) is 8.24. The van der Waals surface area contributed by atoms with Crippen molar-refractivity contribution in [3.8, 4) is 0 Å². The lowest BCUT2D eigenvalue weighted by atomic mass is 10.2. The number of hydrazone groups is 1. The number of sulfonamides is 1. The van der Waals surface area contributed by atoms with Crippen LogP contribution in [0.1, 0.15) is 18.4 Å². The standard InChI is InChI=1S/C18H17BrClN3O3S/c19-14-5-3-13(4-6-14)12-21-22-18(24)17-2-1-11-23(17)27(25,26)16-9-7-15(20)8-10-16/h3-10,12,17H,1-2,11H2,(H,22,24)/b21-12-/t17-/m0/s1. The van der Waals surface area contributed by atoms with Crippen LogP contribution in [0.15, 0.2) is 63.0 Å². The molecule has 2 aromatic rings. The minimum atomic E-state index is -3.77. The molecule has 3 rings (SSSR count). The van der Waals surface area contributed by atoms with Crippen molar-refractivity contribution < 1.29 is 13.2 Å². The predicted molar refractivity (Wildman–Crippen MR) is 108 cm³/mol. The number of amides is 1. The van der Waals surface area contributed by atoms with E-state index in [0.29, 0.717) is 24.4 Å². The molecule has 0 saturated carbocycles. The van der Waals surface area contributed by atoms with Crippen LogP contribution in [0.25, 0.3) is 0 Å². The lowest BCUT2D eigenvalue weighted by molar-refractivity contribution is -0.124. The molecule has 1 N–H and O–H groups in total. The smallest absolute Gasteiger partial charge is 0.258 e. The molecular weight excluding hydrogens is 454 g/mol. The maximum atomic E-state index is 12.8. The van der Waals surface area contributed by atoms with Crippen LogP contribution in [0.2, 0.25) is 5.02 Å². The third-order valence-corrected chi connectivity index (χ3v) is 6.89. The van der Waals surface area contributed by atoms with Gasteiger partial charge in [0.1, 0.15) is 6.04 Å². The van der Waals surface area contributed by atoms with Crippen molar-refractivity contribution >= 4 is 49.7 Å². The molecule has 0 spiro atoms. The van der Waals surface area contributed by atoms with Gasteiger partial charge >= 0.3 is 0 Å². The van der Waals surface area contributed by atoms with Crippen LogP contribution in [-0.4, -0.2) is 37.4 Å². The molecule has 1 aliphatic rings. The molecule has 9 heteroatoms. The second-order valence-corrected chi connectivity index (χ2v) is 9.26. The summed E-state index contributed by atoms with van der Waals surface area (Å²) in [5.41, 5.74) is 3.26. The average molecular weight is 471 g/mol. The molecule has 1 fully saturated rings. The van der Waals surface area contributed by atoms with Gasteiger partial charge in [-0.05, 0) is 54.8 Å². The van der Waals surface area contributed by atoms with Crippen LogP contribution in [0.5, 0.6) is 0 Å². The van der Waals surface area contributed by atoms with Crippen molar-refractivity contribution in [2.75, 3.05) is 6.54 Å². The molecule has 1 aliphatic heterocycles. The van der Waals surface area contributed by atoms with E-state index in [4.69, 9.17) is 11.6 Å². The van der Waals surface area contributed by atoms with Gasteiger partial charge in [-0.15, -0.1) is 0 Å². The van der Waals surface area contributed by atoms with Crippen LogP contribution in [0.4, 0.5) is 0 Å². The van der Waals surface area contributed by atoms with Gasteiger partial charge < -0.3 is 0 Å². The Labute approximate surface area is 171 Å². The van der Waals surface area contributed by atoms with Crippen LogP contribution in [-0.2, 0) is 14.8 Å². The molecule has 0 aliphatic carbocycles. The van der Waals surface area contributed by atoms with Gasteiger partial charge in [0.05, 0.1) is 11.1 Å². The fourth-order valence-corrected chi connectivity index (χ4v) is 4.87. The number of hydrogen-bond donors (Lipinski definition) is 1. The molecule has 1 atom stereocenters. The third-order valence-electron chi connectivity index (χ3n) is 4.18. The number of rotatable bonds is 5. The Morgan fingerprint density at radius 2 is 1.85 bits per heavy atom. The van der Waals surface area contributed by atoms with Gasteiger partial charge in [0.15, 0.2) is 0 Å². The maximum absolute atomic E-state index is 12.8. The van der Waals surface area contributed by atoms with Crippen molar-refractivity contribution in [2.24, 2.45) is 5.10 Å². The predicted octanol–water partition coefficient (Wildman–Crippen LogP) is 3.41. The van der Waals surface area contributed by atoms with Crippen molar-refractivity contribution in [3.63, 3.8) is 0 Å². The third kappa shape index (κ3) is 4.76. The highest BCUT2D eigenvalue weighted by molar-refractivity contribution is 9.10. The van der Waals surface area contributed by atoms with Gasteiger partial charge in [0.25, 0.3) is 5.91 Å². The van der Waals surface area contributed by atoms with Gasteiger partial charge in [-0.25, -0.2) is 13.8 Å². The summed E-state index contributed by atoms with van der Waals surface area (Å²) in [7, 11) is -3.77. The second kappa shape index (κ2) is 8.52. The largest absolute Gasteiger partial charge is 0.271 e. The number of halogens is 2. The molecule has 0 aromatic heterocycles. The summed E-state index contributed by atoms with van der Waals surface area (Å²) >= 11 is 9.17. The van der Waals surface area contributed by atoms with E-state index >= 15 is 0 Å². The summed E-state index contributed by atoms with van der Waals surface area (Å²) in [5.74, 6) is -0.446. The van der Waals surface area contributed by atoms with Gasteiger partial charge in [-0.3, -0.25) is 4.79 Å². The molecule has 1 amide bonds. The summed E-state index contributed by atoms with van der Waals surface area (Å²) in [6, 6.07) is 12.5. The van der Waals surface area contributed by atoms with E-state index in [1.807, 2.05) is 24.3 Å². The number of nitrogens with zero attached hydrogens (tertiary/aromatic N) is 2. The molecule has 142 valence electrons. The highest BCUT2D eigenvalue weighted by Gasteiger charge is 2.39. The second-order valence-electron chi connectivity index (χ2n) is 6.01. The number of carbonyl (C=O) groups is 1. The Kier molecular flexibility index (Phi) is 6.31. The van der Waals surface area contributed by atoms with Gasteiger partial charge in [-0.1, -0.05) is 39.7 Å². The molecule has 1 saturated heterocycles. The van der Waals surface area contributed by atoms with Gasteiger partial charge in [0, 0.05) is 16.0 Å². The molecule has 0 unspecified atom stereocenters. The summed E-state index contributed by atoms with van der Waals surface area (Å²) in [6.45, 7) is 0.291. The zero-order valence-electron chi connectivity index (χ0n) is 14.2. The number of benzene rings is 2. The van der Waals surface area contributed by atoms with Gasteiger partial charge in [0.2, 0.25) is 10.0 Å². The van der Waals surface area contributed by atoms with E-state index in [1.165, 1.54) is 34.8 Å². The van der Waals surface area contributed by atoms with E-state index in [1.54, 1.807) is 0 Å². The summed E-state index contributed by atoms with van der Waals surface area (Å²) in [6.07, 6.45) is 2.57. The van der Waals surface area contributed by atoms with Crippen molar-refractivity contribution in [3.05, 3.63) is 63.6 Å². The monoisotopic (exact) mass is 469 g/mol. The van der Waals surface area contributed by atoms with E-state index in [-0.39, 0.29) is 4.90 Å². The first kappa shape index (κ1) is 20.0. The van der Waals surface area contributed by atoms with Crippen LogP contribution < -0.4 is 5.43 Å². The minimum absolute atomic E-state index is 0.116. The van der Waals surface area contributed by atoms with Crippen molar-refractivity contribution in [1.82, 2.24) is 9.73 Å². The van der Waals surface area contributed by atoms with Crippen molar-refractivity contribution in [2.45, 2.75) is 23.8 Å². The SMILES string of the molecule is O=C(N/N=C\c1ccc(Br)cc1)[C@@H]1CCCN1S(=O)(=O)c1ccc(Cl)cc1. The lowest BCUT2D eigenvalue weighted by Crippen LogP contribution is -2.44. The Morgan fingerprint density at radius 1 is 1.19 bits per heavy atom. The minimum Gasteiger partial charge on any atom is -0.271 e. The number of nitrogens with one attached hydrogen (secondary N) is 1. The van der Waals surface area contributed by atoms with E-state index in [9.17, 15) is 13.2 Å². The lowest BCUT2D eigenvalue weighted by Gasteiger charge is -2.22. The average Bonchev–Trinajstić information content (AvgIpc) is 3.14. The summed E-state index contributed by atoms with van der Waals surface area (Å²) in [5, 5.41) is 4.39. The summed E-state index contributed by atoms with van der Waals surface area (Å²) in [4.78, 5) is 12.6. The molecule has 0 radical (unpaired) electrons. The first-order chi connectivity index (χ1) is 12.9. The van der Waals surface area contributed by atoms with E-state index in [2.05, 4.69) is 26.5 Å². The Morgan fingerprint density at radius 3 is 2.52 bits per heavy atom. The molecule has 2 aromatic carbocycles. The number of carbonyl (C=O) groups excluding carboxylic acids is 1. The first-order valence-corrected chi connectivity index (χ1v) is 10.8.